The number of rotatable bonds is 3. The van der Waals surface area contributed by atoms with Crippen LogP contribution >= 0.6 is 39.1 Å². The van der Waals surface area contributed by atoms with E-state index in [4.69, 9.17) is 23.2 Å². The summed E-state index contributed by atoms with van der Waals surface area (Å²) in [5.41, 5.74) is 2.19. The molecule has 0 aliphatic heterocycles. The Morgan fingerprint density at radius 1 is 1.00 bits per heavy atom. The lowest BCUT2D eigenvalue weighted by molar-refractivity contribution is 0.920. The van der Waals surface area contributed by atoms with Crippen LogP contribution < -0.4 is 0 Å². The van der Waals surface area contributed by atoms with Gasteiger partial charge in [0.25, 0.3) is 0 Å². The summed E-state index contributed by atoms with van der Waals surface area (Å²) in [4.78, 5) is 0. The van der Waals surface area contributed by atoms with Crippen molar-refractivity contribution in [1.82, 2.24) is 0 Å². The molecule has 0 nitrogen and oxygen atoms in total. The van der Waals surface area contributed by atoms with E-state index >= 15 is 0 Å². The van der Waals surface area contributed by atoms with E-state index in [1.54, 1.807) is 0 Å². The van der Waals surface area contributed by atoms with E-state index in [1.165, 1.54) is 5.56 Å². The van der Waals surface area contributed by atoms with Crippen LogP contribution in [0.5, 0.6) is 0 Å². The van der Waals surface area contributed by atoms with Crippen LogP contribution in [0, 0.1) is 0 Å². The van der Waals surface area contributed by atoms with Gasteiger partial charge in [-0.25, -0.2) is 0 Å². The van der Waals surface area contributed by atoms with Crippen LogP contribution in [0.15, 0.2) is 53.0 Å². The zero-order valence-electron chi connectivity index (χ0n) is 9.04. The quantitative estimate of drug-likeness (QED) is 0.640. The Morgan fingerprint density at radius 3 is 2.29 bits per heavy atom. The van der Waals surface area contributed by atoms with Crippen molar-refractivity contribution < 1.29 is 0 Å². The Bertz CT molecular complexity index is 494. The molecule has 0 fully saturated rings. The van der Waals surface area contributed by atoms with Crippen LogP contribution in [0.3, 0.4) is 0 Å². The van der Waals surface area contributed by atoms with Gasteiger partial charge in [-0.1, -0.05) is 57.9 Å². The second-order valence-corrected chi connectivity index (χ2v) is 5.67. The van der Waals surface area contributed by atoms with Gasteiger partial charge in [0.05, 0.1) is 5.38 Å². The zero-order valence-corrected chi connectivity index (χ0v) is 12.1. The number of hydrogen-bond acceptors (Lipinski definition) is 0. The maximum Gasteiger partial charge on any atom is 0.0640 e. The number of halogens is 3. The highest BCUT2D eigenvalue weighted by molar-refractivity contribution is 9.10. The molecule has 0 aliphatic rings. The van der Waals surface area contributed by atoms with E-state index in [0.717, 1.165) is 21.5 Å². The number of hydrogen-bond donors (Lipinski definition) is 0. The first kappa shape index (κ1) is 12.9. The van der Waals surface area contributed by atoms with Gasteiger partial charge in [0.1, 0.15) is 0 Å². The monoisotopic (exact) mass is 328 g/mol. The largest absolute Gasteiger partial charge is 0.117 e. The van der Waals surface area contributed by atoms with Crippen LogP contribution in [-0.2, 0) is 6.42 Å². The Balaban J connectivity index is 2.14. The third-order valence-electron chi connectivity index (χ3n) is 2.57. The second kappa shape index (κ2) is 5.90. The lowest BCUT2D eigenvalue weighted by Gasteiger charge is -2.11. The van der Waals surface area contributed by atoms with Crippen LogP contribution in [0.4, 0.5) is 0 Å². The predicted octanol–water partition coefficient (Wildman–Crippen LogP) is 5.63. The standard InChI is InChI=1S/C14H11BrCl2/c15-11-7-5-10(6-8-11)9-14(17)12-3-1-2-4-13(12)16/h1-8,14H,9H2. The predicted molar refractivity (Wildman–Crippen MR) is 77.9 cm³/mol. The minimum absolute atomic E-state index is 0.0927. The van der Waals surface area contributed by atoms with Crippen LogP contribution in [0.1, 0.15) is 16.5 Å². The summed E-state index contributed by atoms with van der Waals surface area (Å²) in [6.45, 7) is 0. The molecule has 88 valence electrons. The number of benzene rings is 2. The first-order valence-electron chi connectivity index (χ1n) is 5.30. The molecule has 1 atom stereocenters. The normalized spacial score (nSPS) is 12.4. The fourth-order valence-electron chi connectivity index (χ4n) is 1.67. The van der Waals surface area contributed by atoms with Gasteiger partial charge >= 0.3 is 0 Å². The third-order valence-corrected chi connectivity index (χ3v) is 3.83. The summed E-state index contributed by atoms with van der Waals surface area (Å²) in [6.07, 6.45) is 0.776. The molecule has 0 heterocycles. The lowest BCUT2D eigenvalue weighted by Crippen LogP contribution is -1.96. The average molecular weight is 330 g/mol. The molecule has 2 aromatic carbocycles. The Hall–Kier alpha value is -0.500. The van der Waals surface area contributed by atoms with Gasteiger partial charge in [0.15, 0.2) is 0 Å². The zero-order chi connectivity index (χ0) is 12.3. The highest BCUT2D eigenvalue weighted by Crippen LogP contribution is 2.30. The van der Waals surface area contributed by atoms with Gasteiger partial charge in [-0.3, -0.25) is 0 Å². The average Bonchev–Trinajstić information content (AvgIpc) is 2.32. The molecule has 0 amide bonds. The van der Waals surface area contributed by atoms with Gasteiger partial charge in [-0.05, 0) is 35.7 Å². The van der Waals surface area contributed by atoms with Crippen molar-refractivity contribution in [2.45, 2.75) is 11.8 Å². The molecule has 0 saturated carbocycles. The van der Waals surface area contributed by atoms with E-state index in [0.29, 0.717) is 0 Å². The van der Waals surface area contributed by atoms with Gasteiger partial charge in [0.2, 0.25) is 0 Å². The fourth-order valence-corrected chi connectivity index (χ4v) is 2.62. The Morgan fingerprint density at radius 2 is 1.65 bits per heavy atom. The number of alkyl halides is 1. The molecule has 0 spiro atoms. The minimum atomic E-state index is -0.0927. The van der Waals surface area contributed by atoms with Crippen LogP contribution in [-0.4, -0.2) is 0 Å². The molecule has 2 rings (SSSR count). The highest BCUT2D eigenvalue weighted by atomic mass is 79.9. The van der Waals surface area contributed by atoms with Crippen molar-refractivity contribution >= 4 is 39.1 Å². The highest BCUT2D eigenvalue weighted by Gasteiger charge is 2.11. The molecule has 1 unspecified atom stereocenters. The van der Waals surface area contributed by atoms with E-state index in [9.17, 15) is 0 Å². The molecular formula is C14H11BrCl2. The first-order valence-corrected chi connectivity index (χ1v) is 6.90. The van der Waals surface area contributed by atoms with Crippen molar-refractivity contribution in [2.24, 2.45) is 0 Å². The molecule has 17 heavy (non-hydrogen) atoms. The van der Waals surface area contributed by atoms with Crippen molar-refractivity contribution in [3.63, 3.8) is 0 Å². The van der Waals surface area contributed by atoms with Crippen molar-refractivity contribution in [2.75, 3.05) is 0 Å². The summed E-state index contributed by atoms with van der Waals surface area (Å²) >= 11 is 15.9. The molecule has 0 N–H and O–H groups in total. The first-order chi connectivity index (χ1) is 8.16. The van der Waals surface area contributed by atoms with Crippen molar-refractivity contribution in [3.05, 3.63) is 69.2 Å². The Kier molecular flexibility index (Phi) is 4.49. The Labute approximate surface area is 120 Å². The minimum Gasteiger partial charge on any atom is -0.117 e. The van der Waals surface area contributed by atoms with Gasteiger partial charge < -0.3 is 0 Å². The SMILES string of the molecule is Clc1ccccc1C(Cl)Cc1ccc(Br)cc1. The van der Waals surface area contributed by atoms with E-state index < -0.39 is 0 Å². The molecule has 3 heteroatoms. The van der Waals surface area contributed by atoms with Crippen molar-refractivity contribution in [3.8, 4) is 0 Å². The third kappa shape index (κ3) is 3.48. The molecule has 0 bridgehead atoms. The van der Waals surface area contributed by atoms with Gasteiger partial charge in [-0.2, -0.15) is 0 Å². The summed E-state index contributed by atoms with van der Waals surface area (Å²) in [7, 11) is 0. The van der Waals surface area contributed by atoms with Gasteiger partial charge in [0, 0.05) is 9.50 Å². The van der Waals surface area contributed by atoms with E-state index in [-0.39, 0.29) is 5.38 Å². The smallest absolute Gasteiger partial charge is 0.0640 e. The fraction of sp³-hybridized carbons (Fsp3) is 0.143. The summed E-state index contributed by atoms with van der Waals surface area (Å²) in [5, 5.41) is 0.634. The molecular weight excluding hydrogens is 319 g/mol. The summed E-state index contributed by atoms with van der Waals surface area (Å²) < 4.78 is 1.07. The van der Waals surface area contributed by atoms with E-state index in [2.05, 4.69) is 28.1 Å². The molecule has 2 aromatic rings. The molecule has 0 saturated heterocycles. The lowest BCUT2D eigenvalue weighted by atomic mass is 10.0. The molecule has 0 aliphatic carbocycles. The van der Waals surface area contributed by atoms with Gasteiger partial charge in [-0.15, -0.1) is 11.6 Å². The second-order valence-electron chi connectivity index (χ2n) is 3.82. The summed E-state index contributed by atoms with van der Waals surface area (Å²) in [6, 6.07) is 15.9. The maximum absolute atomic E-state index is 6.39. The molecule has 0 radical (unpaired) electrons. The maximum atomic E-state index is 6.39. The summed E-state index contributed by atoms with van der Waals surface area (Å²) in [5.74, 6) is 0. The van der Waals surface area contributed by atoms with Crippen LogP contribution in [0.2, 0.25) is 5.02 Å². The van der Waals surface area contributed by atoms with E-state index in [1.807, 2.05) is 36.4 Å². The molecule has 0 aromatic heterocycles. The topological polar surface area (TPSA) is 0 Å². The van der Waals surface area contributed by atoms with Crippen molar-refractivity contribution in [1.29, 1.82) is 0 Å². The van der Waals surface area contributed by atoms with Crippen LogP contribution in [0.25, 0.3) is 0 Å².